The second-order valence-electron chi connectivity index (χ2n) is 6.20. The number of thiophene rings is 1. The first-order valence-corrected chi connectivity index (χ1v) is 10.1. The summed E-state index contributed by atoms with van der Waals surface area (Å²) in [6, 6.07) is 9.62. The van der Waals surface area contributed by atoms with Crippen molar-refractivity contribution in [2.75, 3.05) is 13.2 Å². The minimum absolute atomic E-state index is 0.125. The van der Waals surface area contributed by atoms with Gasteiger partial charge in [-0.15, -0.1) is 11.3 Å². The Balaban J connectivity index is 1.64. The summed E-state index contributed by atoms with van der Waals surface area (Å²) in [6.07, 6.45) is 3.25. The molecule has 1 amide bonds. The molecule has 1 aliphatic rings. The van der Waals surface area contributed by atoms with E-state index in [0.29, 0.717) is 36.0 Å². The van der Waals surface area contributed by atoms with E-state index in [1.165, 1.54) is 4.88 Å². The molecule has 3 rings (SSSR count). The Labute approximate surface area is 162 Å². The highest BCUT2D eigenvalue weighted by molar-refractivity contribution is 7.09. The zero-order valence-corrected chi connectivity index (χ0v) is 16.2. The topological polar surface area (TPSA) is 29.5 Å². The maximum atomic E-state index is 12.8. The normalized spacial score (nSPS) is 17.0. The van der Waals surface area contributed by atoms with Crippen molar-refractivity contribution >= 4 is 40.4 Å². The molecule has 0 saturated carbocycles. The quantitative estimate of drug-likeness (QED) is 0.642. The van der Waals surface area contributed by atoms with E-state index in [9.17, 15) is 4.79 Å². The summed E-state index contributed by atoms with van der Waals surface area (Å²) in [5.74, 6) is 0.125. The van der Waals surface area contributed by atoms with Crippen molar-refractivity contribution in [2.24, 2.45) is 0 Å². The molecule has 6 heteroatoms. The second-order valence-corrected chi connectivity index (χ2v) is 8.02. The van der Waals surface area contributed by atoms with Gasteiger partial charge in [0, 0.05) is 24.4 Å². The second kappa shape index (κ2) is 9.04. The Bertz CT molecular complexity index is 699. The first-order chi connectivity index (χ1) is 12.1. The van der Waals surface area contributed by atoms with Gasteiger partial charge in [0.2, 0.25) is 5.91 Å². The van der Waals surface area contributed by atoms with Crippen LogP contribution in [-0.2, 0) is 22.5 Å². The molecule has 1 aromatic heterocycles. The summed E-state index contributed by atoms with van der Waals surface area (Å²) >= 11 is 14.0. The molecule has 1 aliphatic heterocycles. The third-order valence-electron chi connectivity index (χ3n) is 4.37. The van der Waals surface area contributed by atoms with Crippen molar-refractivity contribution in [2.45, 2.75) is 38.3 Å². The van der Waals surface area contributed by atoms with Gasteiger partial charge in [-0.1, -0.05) is 41.4 Å². The minimum Gasteiger partial charge on any atom is -0.376 e. The Morgan fingerprint density at radius 3 is 2.88 bits per heavy atom. The zero-order chi connectivity index (χ0) is 17.6. The molecule has 1 atom stereocenters. The molecule has 25 heavy (non-hydrogen) atoms. The van der Waals surface area contributed by atoms with E-state index >= 15 is 0 Å². The molecule has 0 aliphatic carbocycles. The maximum Gasteiger partial charge on any atom is 0.223 e. The van der Waals surface area contributed by atoms with Crippen LogP contribution in [0.4, 0.5) is 0 Å². The van der Waals surface area contributed by atoms with E-state index in [4.69, 9.17) is 27.9 Å². The standard InChI is InChI=1S/C19H21Cl2NO2S/c20-17-7-1-4-14(19(17)21)8-9-18(23)22(12-15-5-2-10-24-15)13-16-6-3-11-25-16/h1,3-4,6-7,11,15H,2,5,8-10,12-13H2. The van der Waals surface area contributed by atoms with Gasteiger partial charge in [0.15, 0.2) is 0 Å². The molecule has 2 heterocycles. The van der Waals surface area contributed by atoms with Crippen LogP contribution < -0.4 is 0 Å². The number of halogens is 2. The van der Waals surface area contributed by atoms with Crippen molar-refractivity contribution in [1.82, 2.24) is 4.90 Å². The van der Waals surface area contributed by atoms with Crippen molar-refractivity contribution in [3.05, 3.63) is 56.2 Å². The molecule has 1 saturated heterocycles. The van der Waals surface area contributed by atoms with Crippen LogP contribution >= 0.6 is 34.5 Å². The summed E-state index contributed by atoms with van der Waals surface area (Å²) in [5.41, 5.74) is 0.913. The summed E-state index contributed by atoms with van der Waals surface area (Å²) < 4.78 is 5.72. The lowest BCUT2D eigenvalue weighted by atomic mass is 10.1. The fraction of sp³-hybridized carbons (Fsp3) is 0.421. The molecule has 1 unspecified atom stereocenters. The molecule has 134 valence electrons. The predicted molar refractivity (Wildman–Crippen MR) is 103 cm³/mol. The molecule has 0 radical (unpaired) electrons. The van der Waals surface area contributed by atoms with E-state index in [2.05, 4.69) is 6.07 Å². The van der Waals surface area contributed by atoms with Crippen LogP contribution in [0.2, 0.25) is 10.0 Å². The predicted octanol–water partition coefficient (Wildman–Crippen LogP) is 5.20. The van der Waals surface area contributed by atoms with Crippen LogP contribution in [0.3, 0.4) is 0 Å². The molecule has 1 fully saturated rings. The first-order valence-electron chi connectivity index (χ1n) is 8.48. The van der Waals surface area contributed by atoms with Gasteiger partial charge in [-0.3, -0.25) is 4.79 Å². The first kappa shape index (κ1) is 18.7. The lowest BCUT2D eigenvalue weighted by molar-refractivity contribution is -0.133. The van der Waals surface area contributed by atoms with E-state index in [1.54, 1.807) is 17.4 Å². The smallest absolute Gasteiger partial charge is 0.223 e. The highest BCUT2D eigenvalue weighted by Crippen LogP contribution is 2.27. The summed E-state index contributed by atoms with van der Waals surface area (Å²) in [6.45, 7) is 2.09. The average Bonchev–Trinajstić information content (AvgIpc) is 3.29. The number of hydrogen-bond acceptors (Lipinski definition) is 3. The van der Waals surface area contributed by atoms with Gasteiger partial charge in [-0.2, -0.15) is 0 Å². The largest absolute Gasteiger partial charge is 0.376 e. The number of benzene rings is 1. The van der Waals surface area contributed by atoms with Crippen molar-refractivity contribution in [3.8, 4) is 0 Å². The van der Waals surface area contributed by atoms with Gasteiger partial charge in [0.25, 0.3) is 0 Å². The van der Waals surface area contributed by atoms with Crippen molar-refractivity contribution in [1.29, 1.82) is 0 Å². The molecular weight excluding hydrogens is 377 g/mol. The molecule has 2 aromatic rings. The maximum absolute atomic E-state index is 12.8. The van der Waals surface area contributed by atoms with Gasteiger partial charge >= 0.3 is 0 Å². The molecule has 1 aromatic carbocycles. The summed E-state index contributed by atoms with van der Waals surface area (Å²) in [5, 5.41) is 3.11. The van der Waals surface area contributed by atoms with Crippen molar-refractivity contribution in [3.63, 3.8) is 0 Å². The van der Waals surface area contributed by atoms with Gasteiger partial charge in [-0.25, -0.2) is 0 Å². The van der Waals surface area contributed by atoms with Gasteiger partial charge in [0.05, 0.1) is 22.7 Å². The molecule has 0 bridgehead atoms. The molecule has 0 N–H and O–H groups in total. The molecule has 0 spiro atoms. The minimum atomic E-state index is 0.125. The Morgan fingerprint density at radius 2 is 2.16 bits per heavy atom. The third kappa shape index (κ3) is 5.20. The average molecular weight is 398 g/mol. The number of rotatable bonds is 7. The number of amides is 1. The molecular formula is C19H21Cl2NO2S. The Kier molecular flexibility index (Phi) is 6.77. The van der Waals surface area contributed by atoms with Crippen LogP contribution in [0.5, 0.6) is 0 Å². The number of aryl methyl sites for hydroxylation is 1. The Morgan fingerprint density at radius 1 is 1.28 bits per heavy atom. The highest BCUT2D eigenvalue weighted by Gasteiger charge is 2.23. The van der Waals surface area contributed by atoms with Crippen LogP contribution in [-0.4, -0.2) is 30.1 Å². The number of carbonyl (C=O) groups is 1. The fourth-order valence-electron chi connectivity index (χ4n) is 3.02. The van der Waals surface area contributed by atoms with E-state index in [0.717, 1.165) is 25.0 Å². The van der Waals surface area contributed by atoms with E-state index in [-0.39, 0.29) is 12.0 Å². The van der Waals surface area contributed by atoms with Gasteiger partial charge in [0.1, 0.15) is 0 Å². The SMILES string of the molecule is O=C(CCc1cccc(Cl)c1Cl)N(Cc1cccs1)CC1CCCO1. The lowest BCUT2D eigenvalue weighted by Gasteiger charge is -2.25. The third-order valence-corrected chi connectivity index (χ3v) is 6.09. The number of hydrogen-bond donors (Lipinski definition) is 0. The van der Waals surface area contributed by atoms with Crippen LogP contribution in [0, 0.1) is 0 Å². The lowest BCUT2D eigenvalue weighted by Crippen LogP contribution is -2.36. The monoisotopic (exact) mass is 397 g/mol. The van der Waals surface area contributed by atoms with Crippen LogP contribution in [0.15, 0.2) is 35.7 Å². The number of nitrogens with zero attached hydrogens (tertiary/aromatic N) is 1. The number of carbonyl (C=O) groups excluding carboxylic acids is 1. The van der Waals surface area contributed by atoms with Crippen molar-refractivity contribution < 1.29 is 9.53 Å². The van der Waals surface area contributed by atoms with E-state index in [1.807, 2.05) is 28.5 Å². The van der Waals surface area contributed by atoms with Crippen LogP contribution in [0.25, 0.3) is 0 Å². The summed E-state index contributed by atoms with van der Waals surface area (Å²) in [4.78, 5) is 15.9. The van der Waals surface area contributed by atoms with Gasteiger partial charge < -0.3 is 9.64 Å². The van der Waals surface area contributed by atoms with Gasteiger partial charge in [-0.05, 0) is 42.3 Å². The van der Waals surface area contributed by atoms with Crippen LogP contribution in [0.1, 0.15) is 29.7 Å². The van der Waals surface area contributed by atoms with E-state index < -0.39 is 0 Å². The molecule has 3 nitrogen and oxygen atoms in total. The number of ether oxygens (including phenoxy) is 1. The summed E-state index contributed by atoms with van der Waals surface area (Å²) in [7, 11) is 0. The highest BCUT2D eigenvalue weighted by atomic mass is 35.5. The zero-order valence-electron chi connectivity index (χ0n) is 13.9. The Hall–Kier alpha value is -1.07. The fourth-order valence-corrected chi connectivity index (χ4v) is 4.15.